The summed E-state index contributed by atoms with van der Waals surface area (Å²) in [6.07, 6.45) is 1.80. The molecule has 0 saturated carbocycles. The fraction of sp³-hybridized carbons (Fsp3) is 0.333. The van der Waals surface area contributed by atoms with Crippen LogP contribution in [0.5, 0.6) is 11.8 Å². The van der Waals surface area contributed by atoms with Crippen molar-refractivity contribution < 1.29 is 4.74 Å². The van der Waals surface area contributed by atoms with E-state index in [0.717, 1.165) is 17.8 Å². The molecule has 0 aliphatic rings. The van der Waals surface area contributed by atoms with E-state index < -0.39 is 0 Å². The van der Waals surface area contributed by atoms with Crippen LogP contribution in [0.4, 0.5) is 0 Å². The maximum atomic E-state index is 5.63. The van der Waals surface area contributed by atoms with Gasteiger partial charge in [0.25, 0.3) is 0 Å². The van der Waals surface area contributed by atoms with Gasteiger partial charge in [0.15, 0.2) is 0 Å². The highest BCUT2D eigenvalue weighted by atomic mass is 16.5. The number of aryl methyl sites for hydroxylation is 2. The van der Waals surface area contributed by atoms with Crippen molar-refractivity contribution in [1.29, 1.82) is 0 Å². The Hall–Kier alpha value is -1.88. The summed E-state index contributed by atoms with van der Waals surface area (Å²) in [5.41, 5.74) is 2.05. The van der Waals surface area contributed by atoms with Gasteiger partial charge in [-0.15, -0.1) is 0 Å². The minimum absolute atomic E-state index is 0.577. The van der Waals surface area contributed by atoms with E-state index in [9.17, 15) is 0 Å². The molecule has 0 saturated heterocycles. The molecule has 17 heavy (non-hydrogen) atoms. The number of hydrogen-bond donors (Lipinski definition) is 1. The van der Waals surface area contributed by atoms with Gasteiger partial charge in [0.1, 0.15) is 0 Å². The van der Waals surface area contributed by atoms with Crippen molar-refractivity contribution in [3.8, 4) is 11.8 Å². The fourth-order valence-electron chi connectivity index (χ4n) is 1.57. The molecule has 0 unspecified atom stereocenters. The molecule has 2 rings (SSSR count). The first-order chi connectivity index (χ1) is 8.19. The molecule has 0 aliphatic heterocycles. The molecule has 5 nitrogen and oxygen atoms in total. The van der Waals surface area contributed by atoms with Crippen molar-refractivity contribution in [3.63, 3.8) is 0 Å². The first kappa shape index (κ1) is 11.6. The molecule has 0 aromatic carbocycles. The summed E-state index contributed by atoms with van der Waals surface area (Å²) in [4.78, 5) is 4.24. The molecule has 90 valence electrons. The van der Waals surface area contributed by atoms with E-state index in [1.165, 1.54) is 0 Å². The quantitative estimate of drug-likeness (QED) is 0.870. The molecule has 0 fully saturated rings. The average molecular weight is 232 g/mol. The highest BCUT2D eigenvalue weighted by Crippen LogP contribution is 2.19. The Kier molecular flexibility index (Phi) is 3.39. The number of aromatic nitrogens is 3. The Morgan fingerprint density at radius 2 is 2.24 bits per heavy atom. The Labute approximate surface area is 100 Å². The van der Waals surface area contributed by atoms with Crippen LogP contribution < -0.4 is 10.1 Å². The maximum Gasteiger partial charge on any atom is 0.221 e. The lowest BCUT2D eigenvalue weighted by Crippen LogP contribution is -2.05. The van der Waals surface area contributed by atoms with Crippen molar-refractivity contribution in [1.82, 2.24) is 20.1 Å². The zero-order chi connectivity index (χ0) is 12.3. The number of hydrogen-bond acceptors (Lipinski definition) is 4. The van der Waals surface area contributed by atoms with E-state index >= 15 is 0 Å². The molecular formula is C12H16N4O. The average Bonchev–Trinajstić information content (AvgIpc) is 2.61. The zero-order valence-corrected chi connectivity index (χ0v) is 10.3. The lowest BCUT2D eigenvalue weighted by atomic mass is 10.3. The summed E-state index contributed by atoms with van der Waals surface area (Å²) in [7, 11) is 3.75. The zero-order valence-electron chi connectivity index (χ0n) is 10.3. The van der Waals surface area contributed by atoms with Crippen molar-refractivity contribution in [2.24, 2.45) is 7.05 Å². The van der Waals surface area contributed by atoms with Gasteiger partial charge in [-0.25, -0.2) is 9.67 Å². The van der Waals surface area contributed by atoms with Crippen molar-refractivity contribution >= 4 is 0 Å². The predicted molar refractivity (Wildman–Crippen MR) is 65.0 cm³/mol. The van der Waals surface area contributed by atoms with Crippen LogP contribution in [0.1, 0.15) is 11.3 Å². The molecule has 2 heterocycles. The number of nitrogens with zero attached hydrogens (tertiary/aromatic N) is 3. The van der Waals surface area contributed by atoms with Crippen molar-refractivity contribution in [3.05, 3.63) is 35.7 Å². The highest BCUT2D eigenvalue weighted by Gasteiger charge is 2.05. The maximum absolute atomic E-state index is 5.63. The van der Waals surface area contributed by atoms with Crippen LogP contribution >= 0.6 is 0 Å². The first-order valence-corrected chi connectivity index (χ1v) is 5.47. The minimum Gasteiger partial charge on any atom is -0.421 e. The molecule has 2 aromatic heterocycles. The van der Waals surface area contributed by atoms with Gasteiger partial charge in [-0.2, -0.15) is 5.10 Å². The number of pyridine rings is 1. The standard InChI is InChI=1S/C12H16N4O/c1-9-6-12(16(3)15-9)17-11-5-4-10(7-13-2)8-14-11/h4-6,8,13H,7H2,1-3H3. The van der Waals surface area contributed by atoms with Crippen LogP contribution in [0.25, 0.3) is 0 Å². The van der Waals surface area contributed by atoms with Crippen LogP contribution in [0.3, 0.4) is 0 Å². The monoisotopic (exact) mass is 232 g/mol. The van der Waals surface area contributed by atoms with Gasteiger partial charge < -0.3 is 10.1 Å². The molecule has 1 N–H and O–H groups in total. The third kappa shape index (κ3) is 2.82. The predicted octanol–water partition coefficient (Wildman–Crippen LogP) is 1.64. The third-order valence-corrected chi connectivity index (χ3v) is 2.35. The lowest BCUT2D eigenvalue weighted by molar-refractivity contribution is 0.415. The Balaban J connectivity index is 2.11. The number of nitrogens with one attached hydrogen (secondary N) is 1. The molecule has 2 aromatic rings. The second-order valence-corrected chi connectivity index (χ2v) is 3.88. The second kappa shape index (κ2) is 4.97. The Morgan fingerprint density at radius 3 is 2.76 bits per heavy atom. The van der Waals surface area contributed by atoms with Gasteiger partial charge in [-0.1, -0.05) is 6.07 Å². The highest BCUT2D eigenvalue weighted by molar-refractivity contribution is 5.24. The van der Waals surface area contributed by atoms with Crippen LogP contribution in [0.2, 0.25) is 0 Å². The molecule has 0 radical (unpaired) electrons. The SMILES string of the molecule is CNCc1ccc(Oc2cc(C)nn2C)nc1. The van der Waals surface area contributed by atoms with E-state index in [2.05, 4.69) is 15.4 Å². The van der Waals surface area contributed by atoms with Gasteiger partial charge in [-0.05, 0) is 19.5 Å². The van der Waals surface area contributed by atoms with Crippen molar-refractivity contribution in [2.75, 3.05) is 7.05 Å². The van der Waals surface area contributed by atoms with E-state index in [1.807, 2.05) is 39.2 Å². The van der Waals surface area contributed by atoms with Gasteiger partial charge >= 0.3 is 0 Å². The van der Waals surface area contributed by atoms with Gasteiger partial charge in [0.2, 0.25) is 11.8 Å². The molecule has 0 spiro atoms. The summed E-state index contributed by atoms with van der Waals surface area (Å²) < 4.78 is 7.33. The van der Waals surface area contributed by atoms with Crippen LogP contribution in [-0.4, -0.2) is 21.8 Å². The molecule has 5 heteroatoms. The normalized spacial score (nSPS) is 10.5. The summed E-state index contributed by atoms with van der Waals surface area (Å²) in [6.45, 7) is 2.73. The Morgan fingerprint density at radius 1 is 1.41 bits per heavy atom. The van der Waals surface area contributed by atoms with Crippen LogP contribution in [0, 0.1) is 6.92 Å². The van der Waals surface area contributed by atoms with Crippen molar-refractivity contribution in [2.45, 2.75) is 13.5 Å². The van der Waals surface area contributed by atoms with E-state index in [1.54, 1.807) is 10.9 Å². The van der Waals surface area contributed by atoms with E-state index in [4.69, 9.17) is 4.74 Å². The molecule has 0 bridgehead atoms. The molecule has 0 amide bonds. The summed E-state index contributed by atoms with van der Waals surface area (Å²) in [5, 5.41) is 7.28. The fourth-order valence-corrected chi connectivity index (χ4v) is 1.57. The lowest BCUT2D eigenvalue weighted by Gasteiger charge is -2.05. The molecule has 0 atom stereocenters. The van der Waals surface area contributed by atoms with E-state index in [0.29, 0.717) is 11.8 Å². The first-order valence-electron chi connectivity index (χ1n) is 5.47. The molecular weight excluding hydrogens is 216 g/mol. The summed E-state index contributed by atoms with van der Waals surface area (Å²) in [6, 6.07) is 5.72. The molecule has 0 aliphatic carbocycles. The Bertz CT molecular complexity index is 490. The second-order valence-electron chi connectivity index (χ2n) is 3.88. The van der Waals surface area contributed by atoms with Gasteiger partial charge in [-0.3, -0.25) is 0 Å². The van der Waals surface area contributed by atoms with Gasteiger partial charge in [0, 0.05) is 31.9 Å². The van der Waals surface area contributed by atoms with Crippen LogP contribution in [-0.2, 0) is 13.6 Å². The third-order valence-electron chi connectivity index (χ3n) is 2.35. The summed E-state index contributed by atoms with van der Waals surface area (Å²) >= 11 is 0. The van der Waals surface area contributed by atoms with Gasteiger partial charge in [0.05, 0.1) is 5.69 Å². The number of rotatable bonds is 4. The van der Waals surface area contributed by atoms with E-state index in [-0.39, 0.29) is 0 Å². The number of ether oxygens (including phenoxy) is 1. The summed E-state index contributed by atoms with van der Waals surface area (Å²) in [5.74, 6) is 1.27. The minimum atomic E-state index is 0.577. The smallest absolute Gasteiger partial charge is 0.221 e. The largest absolute Gasteiger partial charge is 0.421 e. The topological polar surface area (TPSA) is 52.0 Å². The van der Waals surface area contributed by atoms with Crippen LogP contribution in [0.15, 0.2) is 24.4 Å².